The van der Waals surface area contributed by atoms with Crippen molar-refractivity contribution in [3.63, 3.8) is 0 Å². The first kappa shape index (κ1) is 21.8. The predicted molar refractivity (Wildman–Crippen MR) is 122 cm³/mol. The number of benzene rings is 3. The van der Waals surface area contributed by atoms with Gasteiger partial charge in [-0.25, -0.2) is 5.43 Å². The summed E-state index contributed by atoms with van der Waals surface area (Å²) in [5.41, 5.74) is 3.97. The van der Waals surface area contributed by atoms with Crippen LogP contribution in [-0.2, 0) is 9.59 Å². The van der Waals surface area contributed by atoms with E-state index in [1.807, 2.05) is 43.3 Å². The Hall–Kier alpha value is -3.87. The minimum Gasteiger partial charge on any atom is -0.496 e. The van der Waals surface area contributed by atoms with Gasteiger partial charge in [0.2, 0.25) is 11.8 Å². The number of carbonyl (C=O) groups is 2. The molecule has 0 fully saturated rings. The Morgan fingerprint density at radius 1 is 0.935 bits per heavy atom. The van der Waals surface area contributed by atoms with E-state index in [2.05, 4.69) is 15.8 Å². The maximum Gasteiger partial charge on any atom is 0.240 e. The highest BCUT2D eigenvalue weighted by Crippen LogP contribution is 2.27. The molecule has 7 heteroatoms. The monoisotopic (exact) mass is 419 g/mol. The van der Waals surface area contributed by atoms with Crippen molar-refractivity contribution in [1.82, 2.24) is 5.43 Å². The summed E-state index contributed by atoms with van der Waals surface area (Å²) >= 11 is 0. The lowest BCUT2D eigenvalue weighted by Crippen LogP contribution is -2.20. The molecule has 0 heterocycles. The number of nitrogens with zero attached hydrogens (tertiary/aromatic N) is 1. The molecule has 0 radical (unpaired) electrons. The van der Waals surface area contributed by atoms with Crippen LogP contribution in [0.25, 0.3) is 10.8 Å². The zero-order valence-corrected chi connectivity index (χ0v) is 17.6. The molecule has 160 valence electrons. The van der Waals surface area contributed by atoms with Gasteiger partial charge in [-0.15, -0.1) is 0 Å². The van der Waals surface area contributed by atoms with Crippen LogP contribution in [0.3, 0.4) is 0 Å². The van der Waals surface area contributed by atoms with Crippen LogP contribution >= 0.6 is 0 Å². The fraction of sp³-hybridized carbons (Fsp3) is 0.208. The van der Waals surface area contributed by atoms with Gasteiger partial charge < -0.3 is 14.8 Å². The SMILES string of the molecule is CCOc1ccc(NC(=O)CCC(=O)NN=Cc2ccc(OC)c3ccccc23)cc1. The van der Waals surface area contributed by atoms with Crippen molar-refractivity contribution in [3.05, 3.63) is 66.2 Å². The second-order valence-electron chi connectivity index (χ2n) is 6.70. The van der Waals surface area contributed by atoms with Gasteiger partial charge in [0.15, 0.2) is 0 Å². The van der Waals surface area contributed by atoms with Crippen molar-refractivity contribution in [2.75, 3.05) is 19.0 Å². The normalized spacial score (nSPS) is 10.8. The first-order valence-corrected chi connectivity index (χ1v) is 10.0. The van der Waals surface area contributed by atoms with Gasteiger partial charge in [0.1, 0.15) is 11.5 Å². The van der Waals surface area contributed by atoms with Crippen molar-refractivity contribution in [2.24, 2.45) is 5.10 Å². The molecule has 3 rings (SSSR count). The van der Waals surface area contributed by atoms with Crippen LogP contribution in [0.1, 0.15) is 25.3 Å². The van der Waals surface area contributed by atoms with E-state index in [0.717, 1.165) is 27.8 Å². The summed E-state index contributed by atoms with van der Waals surface area (Å²) in [6, 6.07) is 18.6. The molecule has 0 saturated heterocycles. The molecule has 0 atom stereocenters. The Labute approximate surface area is 181 Å². The van der Waals surface area contributed by atoms with E-state index in [9.17, 15) is 9.59 Å². The molecule has 0 aliphatic rings. The molecule has 3 aromatic carbocycles. The first-order valence-electron chi connectivity index (χ1n) is 10.0. The number of hydrogen-bond acceptors (Lipinski definition) is 5. The van der Waals surface area contributed by atoms with Crippen molar-refractivity contribution < 1.29 is 19.1 Å². The third kappa shape index (κ3) is 6.05. The number of methoxy groups -OCH3 is 1. The van der Waals surface area contributed by atoms with Crippen molar-refractivity contribution in [2.45, 2.75) is 19.8 Å². The molecule has 3 aromatic rings. The van der Waals surface area contributed by atoms with Gasteiger partial charge in [-0.05, 0) is 48.7 Å². The highest BCUT2D eigenvalue weighted by Gasteiger charge is 2.08. The third-order valence-electron chi connectivity index (χ3n) is 4.56. The van der Waals surface area contributed by atoms with E-state index >= 15 is 0 Å². The second-order valence-corrected chi connectivity index (χ2v) is 6.70. The maximum atomic E-state index is 12.1. The Morgan fingerprint density at radius 3 is 2.35 bits per heavy atom. The lowest BCUT2D eigenvalue weighted by Gasteiger charge is -2.08. The van der Waals surface area contributed by atoms with Crippen LogP contribution in [0.4, 0.5) is 5.69 Å². The van der Waals surface area contributed by atoms with Crippen molar-refractivity contribution in [1.29, 1.82) is 0 Å². The Kier molecular flexibility index (Phi) is 7.59. The largest absolute Gasteiger partial charge is 0.496 e. The number of hydrazone groups is 1. The molecule has 0 spiro atoms. The predicted octanol–water partition coefficient (Wildman–Crippen LogP) is 4.12. The maximum absolute atomic E-state index is 12.1. The molecule has 31 heavy (non-hydrogen) atoms. The lowest BCUT2D eigenvalue weighted by atomic mass is 10.0. The Balaban J connectivity index is 1.49. The highest BCUT2D eigenvalue weighted by molar-refractivity contribution is 6.02. The van der Waals surface area contributed by atoms with E-state index in [1.54, 1.807) is 37.6 Å². The Bertz CT molecular complexity index is 1080. The van der Waals surface area contributed by atoms with Crippen LogP contribution < -0.4 is 20.2 Å². The summed E-state index contributed by atoms with van der Waals surface area (Å²) in [6.45, 7) is 2.49. The fourth-order valence-electron chi connectivity index (χ4n) is 3.07. The minimum atomic E-state index is -0.337. The van der Waals surface area contributed by atoms with Gasteiger partial charge in [0, 0.05) is 29.5 Å². The van der Waals surface area contributed by atoms with Gasteiger partial charge in [-0.2, -0.15) is 5.10 Å². The number of carbonyl (C=O) groups excluding carboxylic acids is 2. The van der Waals surface area contributed by atoms with Gasteiger partial charge in [0.25, 0.3) is 0 Å². The number of rotatable bonds is 9. The van der Waals surface area contributed by atoms with Crippen LogP contribution in [0.15, 0.2) is 65.8 Å². The van der Waals surface area contributed by atoms with Gasteiger partial charge in [-0.1, -0.05) is 24.3 Å². The summed E-state index contributed by atoms with van der Waals surface area (Å²) in [5.74, 6) is 0.929. The second kappa shape index (κ2) is 10.8. The molecule has 0 aliphatic heterocycles. The van der Waals surface area contributed by atoms with Gasteiger partial charge in [0.05, 0.1) is 19.9 Å². The molecule has 7 nitrogen and oxygen atoms in total. The summed E-state index contributed by atoms with van der Waals surface area (Å²) in [6.07, 6.45) is 1.67. The van der Waals surface area contributed by atoms with Crippen LogP contribution in [0.5, 0.6) is 11.5 Å². The number of ether oxygens (including phenoxy) is 2. The van der Waals surface area contributed by atoms with Crippen LogP contribution in [0.2, 0.25) is 0 Å². The average molecular weight is 419 g/mol. The summed E-state index contributed by atoms with van der Waals surface area (Å²) in [7, 11) is 1.63. The summed E-state index contributed by atoms with van der Waals surface area (Å²) in [5, 5.41) is 8.71. The molecule has 0 bridgehead atoms. The van der Waals surface area contributed by atoms with Crippen LogP contribution in [-0.4, -0.2) is 31.7 Å². The molecular formula is C24H25N3O4. The number of anilines is 1. The van der Waals surface area contributed by atoms with E-state index in [-0.39, 0.29) is 24.7 Å². The van der Waals surface area contributed by atoms with E-state index in [0.29, 0.717) is 12.3 Å². The third-order valence-corrected chi connectivity index (χ3v) is 4.56. The van der Waals surface area contributed by atoms with Crippen molar-refractivity contribution >= 4 is 34.5 Å². The number of fused-ring (bicyclic) bond motifs is 1. The molecule has 2 amide bonds. The number of hydrogen-bond donors (Lipinski definition) is 2. The van der Waals surface area contributed by atoms with E-state index < -0.39 is 0 Å². The van der Waals surface area contributed by atoms with E-state index in [4.69, 9.17) is 9.47 Å². The quantitative estimate of drug-likeness (QED) is 0.403. The lowest BCUT2D eigenvalue weighted by molar-refractivity contribution is -0.124. The highest BCUT2D eigenvalue weighted by atomic mass is 16.5. The molecular weight excluding hydrogens is 394 g/mol. The number of amides is 2. The summed E-state index contributed by atoms with van der Waals surface area (Å²) < 4.78 is 10.7. The fourth-order valence-corrected chi connectivity index (χ4v) is 3.07. The van der Waals surface area contributed by atoms with Gasteiger partial charge in [-0.3, -0.25) is 9.59 Å². The van der Waals surface area contributed by atoms with Crippen molar-refractivity contribution in [3.8, 4) is 11.5 Å². The smallest absolute Gasteiger partial charge is 0.240 e. The zero-order valence-electron chi connectivity index (χ0n) is 17.6. The molecule has 0 saturated carbocycles. The molecule has 2 N–H and O–H groups in total. The molecule has 0 unspecified atom stereocenters. The van der Waals surface area contributed by atoms with Gasteiger partial charge >= 0.3 is 0 Å². The number of nitrogens with one attached hydrogen (secondary N) is 2. The standard InChI is InChI=1S/C24H25N3O4/c1-3-31-19-11-9-18(10-12-19)26-23(28)14-15-24(29)27-25-16-17-8-13-22(30-2)21-7-5-4-6-20(17)21/h4-13,16H,3,14-15H2,1-2H3,(H,26,28)(H,27,29). The minimum absolute atomic E-state index is 0.0313. The molecule has 0 aliphatic carbocycles. The zero-order chi connectivity index (χ0) is 22.1. The summed E-state index contributed by atoms with van der Waals surface area (Å²) in [4.78, 5) is 24.1. The molecule has 0 aromatic heterocycles. The topological polar surface area (TPSA) is 89.0 Å². The average Bonchev–Trinajstić information content (AvgIpc) is 2.79. The van der Waals surface area contributed by atoms with E-state index in [1.165, 1.54) is 0 Å². The Morgan fingerprint density at radius 2 is 1.65 bits per heavy atom. The van der Waals surface area contributed by atoms with Crippen LogP contribution in [0, 0.1) is 0 Å². The first-order chi connectivity index (χ1) is 15.1.